The molecule has 0 bridgehead atoms. The van der Waals surface area contributed by atoms with Crippen LogP contribution >= 0.6 is 0 Å². The summed E-state index contributed by atoms with van der Waals surface area (Å²) in [7, 11) is 0. The molecule has 0 fully saturated rings. The normalized spacial score (nSPS) is 14.7. The van der Waals surface area contributed by atoms with Crippen molar-refractivity contribution >= 4 is 5.78 Å². The van der Waals surface area contributed by atoms with Gasteiger partial charge in [0.15, 0.2) is 5.78 Å². The highest BCUT2D eigenvalue weighted by Gasteiger charge is 2.20. The first-order chi connectivity index (χ1) is 12.1. The molecule has 0 amide bonds. The predicted octanol–water partition coefficient (Wildman–Crippen LogP) is 3.86. The Labute approximate surface area is 153 Å². The van der Waals surface area contributed by atoms with Gasteiger partial charge in [0.2, 0.25) is 0 Å². The fourth-order valence-corrected chi connectivity index (χ4v) is 2.41. The van der Waals surface area contributed by atoms with E-state index in [9.17, 15) is 9.90 Å². The van der Waals surface area contributed by atoms with Crippen LogP contribution in [0.3, 0.4) is 0 Å². The van der Waals surface area contributed by atoms with Gasteiger partial charge in [-0.05, 0) is 18.9 Å². The number of carbonyl (C=O) groups is 1. The standard InChI is InChI=1S/C21H36O4/c1-2-3-4-5-6-7-8-9-10-11-12-13-14-15-16-17-19(23)21(25)20(24)18-22/h12-17,20-22,24-25H,2-11,18H2,1H3. The van der Waals surface area contributed by atoms with Crippen LogP contribution in [0.1, 0.15) is 71.1 Å². The van der Waals surface area contributed by atoms with Gasteiger partial charge < -0.3 is 15.3 Å². The summed E-state index contributed by atoms with van der Waals surface area (Å²) in [5.41, 5.74) is 0. The van der Waals surface area contributed by atoms with Gasteiger partial charge in [-0.25, -0.2) is 0 Å². The van der Waals surface area contributed by atoms with Crippen molar-refractivity contribution in [1.82, 2.24) is 0 Å². The number of aliphatic hydroxyl groups excluding tert-OH is 3. The zero-order valence-electron chi connectivity index (χ0n) is 15.6. The molecule has 0 radical (unpaired) electrons. The minimum Gasteiger partial charge on any atom is -0.394 e. The molecule has 0 heterocycles. The SMILES string of the molecule is CCCCCCCCCCCC=CC=CC=CC(=O)C(O)C(O)CO. The van der Waals surface area contributed by atoms with Gasteiger partial charge in [-0.15, -0.1) is 0 Å². The smallest absolute Gasteiger partial charge is 0.186 e. The second kappa shape index (κ2) is 17.6. The molecule has 3 N–H and O–H groups in total. The fourth-order valence-electron chi connectivity index (χ4n) is 2.41. The fraction of sp³-hybridized carbons (Fsp3) is 0.667. The molecule has 0 aromatic rings. The summed E-state index contributed by atoms with van der Waals surface area (Å²) in [6.45, 7) is 1.60. The first kappa shape index (κ1) is 23.8. The summed E-state index contributed by atoms with van der Waals surface area (Å²) in [6, 6.07) is 0. The topological polar surface area (TPSA) is 77.8 Å². The minimum atomic E-state index is -1.57. The van der Waals surface area contributed by atoms with Gasteiger partial charge in [0.05, 0.1) is 6.61 Å². The summed E-state index contributed by atoms with van der Waals surface area (Å²) in [4.78, 5) is 11.4. The summed E-state index contributed by atoms with van der Waals surface area (Å²) >= 11 is 0. The third-order valence-corrected chi connectivity index (χ3v) is 4.05. The van der Waals surface area contributed by atoms with Crippen LogP contribution in [0.25, 0.3) is 0 Å². The highest BCUT2D eigenvalue weighted by molar-refractivity contribution is 5.94. The van der Waals surface area contributed by atoms with E-state index in [0.717, 1.165) is 6.42 Å². The molecule has 0 rings (SSSR count). The van der Waals surface area contributed by atoms with Gasteiger partial charge in [0, 0.05) is 0 Å². The van der Waals surface area contributed by atoms with Gasteiger partial charge in [-0.3, -0.25) is 4.79 Å². The Morgan fingerprint density at radius 2 is 1.40 bits per heavy atom. The molecule has 4 heteroatoms. The highest BCUT2D eigenvalue weighted by atomic mass is 16.4. The second-order valence-corrected chi connectivity index (χ2v) is 6.39. The Morgan fingerprint density at radius 1 is 0.840 bits per heavy atom. The molecule has 2 unspecified atom stereocenters. The first-order valence-corrected chi connectivity index (χ1v) is 9.64. The van der Waals surface area contributed by atoms with E-state index in [2.05, 4.69) is 13.0 Å². The average Bonchev–Trinajstić information content (AvgIpc) is 2.63. The van der Waals surface area contributed by atoms with Crippen LogP contribution in [0.5, 0.6) is 0 Å². The Balaban J connectivity index is 3.60. The van der Waals surface area contributed by atoms with E-state index in [1.54, 1.807) is 6.08 Å². The van der Waals surface area contributed by atoms with Crippen LogP contribution < -0.4 is 0 Å². The van der Waals surface area contributed by atoms with Crippen molar-refractivity contribution in [2.45, 2.75) is 83.3 Å². The van der Waals surface area contributed by atoms with E-state index in [1.807, 2.05) is 12.2 Å². The average molecular weight is 353 g/mol. The number of rotatable bonds is 16. The molecule has 0 aromatic heterocycles. The van der Waals surface area contributed by atoms with Gasteiger partial charge in [-0.1, -0.05) is 88.7 Å². The number of unbranched alkanes of at least 4 members (excludes halogenated alkanes) is 9. The zero-order valence-corrected chi connectivity index (χ0v) is 15.6. The summed E-state index contributed by atoms with van der Waals surface area (Å²) in [5, 5.41) is 27.1. The van der Waals surface area contributed by atoms with Crippen molar-refractivity contribution in [2.24, 2.45) is 0 Å². The predicted molar refractivity (Wildman–Crippen MR) is 103 cm³/mol. The van der Waals surface area contributed by atoms with Gasteiger partial charge in [0.25, 0.3) is 0 Å². The minimum absolute atomic E-state index is 0.620. The molecule has 0 spiro atoms. The van der Waals surface area contributed by atoms with Crippen molar-refractivity contribution < 1.29 is 20.1 Å². The maximum Gasteiger partial charge on any atom is 0.186 e. The van der Waals surface area contributed by atoms with Crippen molar-refractivity contribution in [2.75, 3.05) is 6.61 Å². The molecule has 0 aliphatic rings. The Morgan fingerprint density at radius 3 is 2.00 bits per heavy atom. The van der Waals surface area contributed by atoms with Crippen LogP contribution in [-0.2, 0) is 4.79 Å². The molecular weight excluding hydrogens is 316 g/mol. The van der Waals surface area contributed by atoms with Gasteiger partial charge in [-0.2, -0.15) is 0 Å². The van der Waals surface area contributed by atoms with Crippen molar-refractivity contribution in [3.63, 3.8) is 0 Å². The number of allylic oxidation sites excluding steroid dienone is 5. The molecule has 0 aliphatic heterocycles. The van der Waals surface area contributed by atoms with Crippen LogP contribution in [0.2, 0.25) is 0 Å². The van der Waals surface area contributed by atoms with Gasteiger partial charge in [0.1, 0.15) is 12.2 Å². The Kier molecular flexibility index (Phi) is 16.7. The molecule has 2 atom stereocenters. The summed E-state index contributed by atoms with van der Waals surface area (Å²) in [6.07, 6.45) is 20.3. The van der Waals surface area contributed by atoms with Crippen LogP contribution in [0, 0.1) is 0 Å². The quantitative estimate of drug-likeness (QED) is 0.224. The van der Waals surface area contributed by atoms with Crippen molar-refractivity contribution in [3.05, 3.63) is 36.5 Å². The van der Waals surface area contributed by atoms with Crippen LogP contribution in [0.15, 0.2) is 36.5 Å². The lowest BCUT2D eigenvalue weighted by Crippen LogP contribution is -2.35. The molecular formula is C21H36O4. The first-order valence-electron chi connectivity index (χ1n) is 9.64. The highest BCUT2D eigenvalue weighted by Crippen LogP contribution is 2.10. The largest absolute Gasteiger partial charge is 0.394 e. The van der Waals surface area contributed by atoms with E-state index in [4.69, 9.17) is 10.2 Å². The van der Waals surface area contributed by atoms with Crippen molar-refractivity contribution in [3.8, 4) is 0 Å². The molecule has 144 valence electrons. The molecule has 0 aromatic carbocycles. The maximum absolute atomic E-state index is 11.4. The molecule has 4 nitrogen and oxygen atoms in total. The van der Waals surface area contributed by atoms with Crippen LogP contribution in [-0.4, -0.2) is 39.9 Å². The molecule has 0 saturated heterocycles. The maximum atomic E-state index is 11.4. The van der Waals surface area contributed by atoms with E-state index in [0.29, 0.717) is 0 Å². The van der Waals surface area contributed by atoms with Crippen LogP contribution in [0.4, 0.5) is 0 Å². The van der Waals surface area contributed by atoms with E-state index in [-0.39, 0.29) is 0 Å². The molecule has 0 saturated carbocycles. The summed E-state index contributed by atoms with van der Waals surface area (Å²) < 4.78 is 0. The zero-order chi connectivity index (χ0) is 18.8. The second-order valence-electron chi connectivity index (χ2n) is 6.39. The van der Waals surface area contributed by atoms with E-state index < -0.39 is 24.6 Å². The number of hydrogen-bond acceptors (Lipinski definition) is 4. The number of carbonyl (C=O) groups excluding carboxylic acids is 1. The van der Waals surface area contributed by atoms with E-state index >= 15 is 0 Å². The molecule has 25 heavy (non-hydrogen) atoms. The lowest BCUT2D eigenvalue weighted by Gasteiger charge is -2.11. The third-order valence-electron chi connectivity index (χ3n) is 4.05. The number of aliphatic hydroxyl groups is 3. The van der Waals surface area contributed by atoms with E-state index in [1.165, 1.54) is 69.9 Å². The van der Waals surface area contributed by atoms with Gasteiger partial charge >= 0.3 is 0 Å². The number of ketones is 1. The lowest BCUT2D eigenvalue weighted by molar-refractivity contribution is -0.129. The summed E-state index contributed by atoms with van der Waals surface area (Å²) in [5.74, 6) is -0.620. The number of hydrogen-bond donors (Lipinski definition) is 3. The Bertz CT molecular complexity index is 399. The van der Waals surface area contributed by atoms with Crippen molar-refractivity contribution in [1.29, 1.82) is 0 Å². The third kappa shape index (κ3) is 14.8. The monoisotopic (exact) mass is 352 g/mol. The molecule has 0 aliphatic carbocycles. The lowest BCUT2D eigenvalue weighted by atomic mass is 10.1. The Hall–Kier alpha value is -1.23.